The third-order valence-electron chi connectivity index (χ3n) is 8.63. The van der Waals surface area contributed by atoms with Crippen molar-refractivity contribution < 1.29 is 18.1 Å². The first-order chi connectivity index (χ1) is 16.1. The average Bonchev–Trinajstić information content (AvgIpc) is 2.77. The zero-order valence-electron chi connectivity index (χ0n) is 19.9. The molecule has 10 heteroatoms. The lowest BCUT2D eigenvalue weighted by atomic mass is 9.53. The Hall–Kier alpha value is -2.04. The van der Waals surface area contributed by atoms with Crippen LogP contribution in [0.25, 0.3) is 0 Å². The third kappa shape index (κ3) is 4.24. The van der Waals surface area contributed by atoms with E-state index in [1.165, 1.54) is 35.7 Å². The van der Waals surface area contributed by atoms with Crippen molar-refractivity contribution in [2.24, 2.45) is 17.8 Å². The van der Waals surface area contributed by atoms with Gasteiger partial charge in [-0.15, -0.1) is 0 Å². The summed E-state index contributed by atoms with van der Waals surface area (Å²) < 4.78 is 27.8. The van der Waals surface area contributed by atoms with E-state index in [9.17, 15) is 23.3 Å². The van der Waals surface area contributed by atoms with Crippen molar-refractivity contribution in [1.82, 2.24) is 14.5 Å². The Labute approximate surface area is 201 Å². The Kier molecular flexibility index (Phi) is 5.97. The molecule has 4 saturated carbocycles. The molecule has 1 aliphatic heterocycles. The molecule has 0 radical (unpaired) electrons. The minimum atomic E-state index is -3.85. The third-order valence-corrected chi connectivity index (χ3v) is 10.7. The molecule has 1 N–H and O–H groups in total. The lowest BCUT2D eigenvalue weighted by Crippen LogP contribution is -2.63. The highest BCUT2D eigenvalue weighted by Crippen LogP contribution is 2.55. The molecule has 0 aromatic heterocycles. The zero-order valence-corrected chi connectivity index (χ0v) is 20.7. The summed E-state index contributed by atoms with van der Waals surface area (Å²) in [6.45, 7) is 4.94. The van der Waals surface area contributed by atoms with Gasteiger partial charge in [0, 0.05) is 43.9 Å². The quantitative estimate of drug-likeness (QED) is 0.485. The summed E-state index contributed by atoms with van der Waals surface area (Å²) in [4.78, 5) is 25.8. The number of amides is 1. The second-order valence-electron chi connectivity index (χ2n) is 11.0. The fourth-order valence-electron chi connectivity index (χ4n) is 7.25. The van der Waals surface area contributed by atoms with Gasteiger partial charge in [-0.3, -0.25) is 19.8 Å². The zero-order chi connectivity index (χ0) is 24.3. The van der Waals surface area contributed by atoms with Crippen molar-refractivity contribution in [3.8, 4) is 0 Å². The van der Waals surface area contributed by atoms with Crippen LogP contribution >= 0.6 is 0 Å². The number of rotatable bonds is 6. The number of carbonyl (C=O) groups excluding carboxylic acids is 1. The number of benzene rings is 1. The molecular weight excluding hydrogens is 456 g/mol. The standard InChI is InChI=1S/C24H34N4O5S/c1-16-3-4-21(28(30)31)12-22(16)34(32,33)27-7-5-26(6-8-27)17(2)23(29)25-24-13-18-9-19(14-24)11-20(10-18)15-24/h3-4,12,17-20H,5-11,13-15H2,1-2H3,(H,25,29)/t17-,18?,19?,20?,24?/m0/s1. The van der Waals surface area contributed by atoms with Crippen LogP contribution in [0.15, 0.2) is 23.1 Å². The van der Waals surface area contributed by atoms with Gasteiger partial charge in [0.25, 0.3) is 5.69 Å². The predicted molar refractivity (Wildman–Crippen MR) is 127 cm³/mol. The largest absolute Gasteiger partial charge is 0.349 e. The summed E-state index contributed by atoms with van der Waals surface area (Å²) >= 11 is 0. The molecule has 186 valence electrons. The molecule has 4 aliphatic carbocycles. The van der Waals surface area contributed by atoms with E-state index in [1.54, 1.807) is 6.92 Å². The Balaban J connectivity index is 1.22. The second-order valence-corrected chi connectivity index (χ2v) is 12.9. The molecule has 1 amide bonds. The molecule has 1 atom stereocenters. The first-order valence-corrected chi connectivity index (χ1v) is 13.8. The summed E-state index contributed by atoms with van der Waals surface area (Å²) in [7, 11) is -3.85. The summed E-state index contributed by atoms with van der Waals surface area (Å²) in [5.74, 6) is 2.32. The monoisotopic (exact) mass is 490 g/mol. The molecule has 1 heterocycles. The van der Waals surface area contributed by atoms with Crippen LogP contribution in [0.3, 0.4) is 0 Å². The fourth-order valence-corrected chi connectivity index (χ4v) is 8.91. The van der Waals surface area contributed by atoms with Crippen molar-refractivity contribution in [2.75, 3.05) is 26.2 Å². The number of nitrogens with zero attached hydrogens (tertiary/aromatic N) is 3. The Morgan fingerprint density at radius 3 is 2.18 bits per heavy atom. The Bertz CT molecular complexity index is 1060. The van der Waals surface area contributed by atoms with Crippen LogP contribution in [-0.4, -0.2) is 66.2 Å². The van der Waals surface area contributed by atoms with Gasteiger partial charge in [-0.25, -0.2) is 8.42 Å². The van der Waals surface area contributed by atoms with Crippen molar-refractivity contribution >= 4 is 21.6 Å². The van der Waals surface area contributed by atoms with E-state index in [-0.39, 0.29) is 41.2 Å². The van der Waals surface area contributed by atoms with E-state index in [4.69, 9.17) is 0 Å². The Morgan fingerprint density at radius 1 is 1.09 bits per heavy atom. The number of non-ortho nitro benzene ring substituents is 1. The van der Waals surface area contributed by atoms with E-state index >= 15 is 0 Å². The smallest absolute Gasteiger partial charge is 0.270 e. The van der Waals surface area contributed by atoms with Gasteiger partial charge in [0.15, 0.2) is 0 Å². The molecule has 0 unspecified atom stereocenters. The predicted octanol–water partition coefficient (Wildman–Crippen LogP) is 2.68. The number of hydrogen-bond donors (Lipinski definition) is 1. The van der Waals surface area contributed by atoms with Gasteiger partial charge in [-0.1, -0.05) is 6.07 Å². The van der Waals surface area contributed by atoms with Gasteiger partial charge in [0.1, 0.15) is 0 Å². The Morgan fingerprint density at radius 2 is 1.65 bits per heavy atom. The fraction of sp³-hybridized carbons (Fsp3) is 0.708. The van der Waals surface area contributed by atoms with Gasteiger partial charge in [-0.05, 0) is 75.7 Å². The van der Waals surface area contributed by atoms with Gasteiger partial charge < -0.3 is 5.32 Å². The van der Waals surface area contributed by atoms with Gasteiger partial charge in [-0.2, -0.15) is 4.31 Å². The average molecular weight is 491 g/mol. The summed E-state index contributed by atoms with van der Waals surface area (Å²) in [6.07, 6.45) is 7.28. The number of carbonyl (C=O) groups is 1. The normalized spacial score (nSPS) is 32.5. The van der Waals surface area contributed by atoms with Crippen LogP contribution in [0.5, 0.6) is 0 Å². The van der Waals surface area contributed by atoms with Crippen LogP contribution in [-0.2, 0) is 14.8 Å². The number of hydrogen-bond acceptors (Lipinski definition) is 6. The summed E-state index contributed by atoms with van der Waals surface area (Å²) in [5.41, 5.74) is 0.208. The molecule has 0 spiro atoms. The summed E-state index contributed by atoms with van der Waals surface area (Å²) in [5, 5.41) is 14.6. The lowest BCUT2D eigenvalue weighted by Gasteiger charge is -2.57. The SMILES string of the molecule is Cc1ccc([N+](=O)[O-])cc1S(=O)(=O)N1CCN([C@@H](C)C(=O)NC23CC4CC(CC(C4)C2)C3)CC1. The molecule has 6 rings (SSSR count). The van der Waals surface area contributed by atoms with Crippen LogP contribution in [0.2, 0.25) is 0 Å². The van der Waals surface area contributed by atoms with E-state index in [0.717, 1.165) is 43.1 Å². The molecule has 1 aromatic rings. The van der Waals surface area contributed by atoms with Crippen LogP contribution in [0.4, 0.5) is 5.69 Å². The minimum absolute atomic E-state index is 0.0252. The highest BCUT2D eigenvalue weighted by molar-refractivity contribution is 7.89. The highest BCUT2D eigenvalue weighted by Gasteiger charge is 2.52. The molecule has 1 saturated heterocycles. The number of nitro benzene ring substituents is 1. The lowest BCUT2D eigenvalue weighted by molar-refractivity contribution is -0.385. The number of sulfonamides is 1. The minimum Gasteiger partial charge on any atom is -0.349 e. The van der Waals surface area contributed by atoms with Crippen molar-refractivity contribution in [1.29, 1.82) is 0 Å². The summed E-state index contributed by atoms with van der Waals surface area (Å²) in [6, 6.07) is 3.60. The van der Waals surface area contributed by atoms with Crippen LogP contribution < -0.4 is 5.32 Å². The topological polar surface area (TPSA) is 113 Å². The number of aryl methyl sites for hydroxylation is 1. The van der Waals surface area contributed by atoms with Gasteiger partial charge in [0.05, 0.1) is 15.9 Å². The van der Waals surface area contributed by atoms with Crippen molar-refractivity contribution in [3.05, 3.63) is 33.9 Å². The molecule has 4 bridgehead atoms. The molecule has 1 aromatic carbocycles. The first-order valence-electron chi connectivity index (χ1n) is 12.4. The highest BCUT2D eigenvalue weighted by atomic mass is 32.2. The molecule has 5 fully saturated rings. The molecular formula is C24H34N4O5S. The van der Waals surface area contributed by atoms with E-state index in [0.29, 0.717) is 18.7 Å². The molecule has 34 heavy (non-hydrogen) atoms. The number of nitro groups is 1. The van der Waals surface area contributed by atoms with E-state index in [1.807, 2.05) is 11.8 Å². The molecule has 5 aliphatic rings. The van der Waals surface area contributed by atoms with E-state index < -0.39 is 14.9 Å². The number of piperazine rings is 1. The van der Waals surface area contributed by atoms with Crippen molar-refractivity contribution in [2.45, 2.75) is 68.8 Å². The molecule has 9 nitrogen and oxygen atoms in total. The second kappa shape index (κ2) is 8.57. The maximum Gasteiger partial charge on any atom is 0.270 e. The van der Waals surface area contributed by atoms with Crippen molar-refractivity contribution in [3.63, 3.8) is 0 Å². The van der Waals surface area contributed by atoms with Gasteiger partial charge >= 0.3 is 0 Å². The van der Waals surface area contributed by atoms with Gasteiger partial charge in [0.2, 0.25) is 15.9 Å². The van der Waals surface area contributed by atoms with Crippen LogP contribution in [0, 0.1) is 34.8 Å². The maximum absolute atomic E-state index is 13.2. The van der Waals surface area contributed by atoms with E-state index in [2.05, 4.69) is 5.32 Å². The first kappa shape index (κ1) is 23.7. The van der Waals surface area contributed by atoms with Crippen LogP contribution in [0.1, 0.15) is 51.0 Å². The number of nitrogens with one attached hydrogen (secondary N) is 1. The maximum atomic E-state index is 13.2.